The van der Waals surface area contributed by atoms with Crippen molar-refractivity contribution in [2.24, 2.45) is 11.8 Å². The number of rotatable bonds is 3. The number of amides is 1. The number of nitrogens with one attached hydrogen (secondary N) is 1. The van der Waals surface area contributed by atoms with E-state index in [9.17, 15) is 4.79 Å². The highest BCUT2D eigenvalue weighted by Crippen LogP contribution is 2.29. The number of carbonyl (C=O) groups is 1. The lowest BCUT2D eigenvalue weighted by Gasteiger charge is -2.26. The normalized spacial score (nSPS) is 27.0. The summed E-state index contributed by atoms with van der Waals surface area (Å²) < 4.78 is 0. The van der Waals surface area contributed by atoms with Gasteiger partial charge in [-0.3, -0.25) is 4.79 Å². The fraction of sp³-hybridized carbons (Fsp3) is 0.611. The molecular formula is C18H26N2O. The van der Waals surface area contributed by atoms with Gasteiger partial charge in [0.15, 0.2) is 0 Å². The molecule has 2 saturated heterocycles. The number of nitrogens with zero attached hydrogens (tertiary/aromatic N) is 1. The molecule has 0 radical (unpaired) electrons. The van der Waals surface area contributed by atoms with E-state index in [0.717, 1.165) is 62.8 Å². The van der Waals surface area contributed by atoms with Crippen molar-refractivity contribution in [2.45, 2.75) is 32.1 Å². The summed E-state index contributed by atoms with van der Waals surface area (Å²) >= 11 is 0. The summed E-state index contributed by atoms with van der Waals surface area (Å²) in [7, 11) is 0. The summed E-state index contributed by atoms with van der Waals surface area (Å²) in [6.07, 6.45) is 3.21. The second kappa shape index (κ2) is 6.61. The van der Waals surface area contributed by atoms with Gasteiger partial charge in [-0.25, -0.2) is 0 Å². The molecule has 2 aliphatic rings. The van der Waals surface area contributed by atoms with Crippen molar-refractivity contribution in [1.82, 2.24) is 10.2 Å². The van der Waals surface area contributed by atoms with E-state index in [0.29, 0.717) is 5.91 Å². The third-order valence-electron chi connectivity index (χ3n) is 5.24. The van der Waals surface area contributed by atoms with Crippen LogP contribution >= 0.6 is 0 Å². The van der Waals surface area contributed by atoms with Gasteiger partial charge in [0.05, 0.1) is 5.92 Å². The summed E-state index contributed by atoms with van der Waals surface area (Å²) in [6, 6.07) is 10.2. The predicted molar refractivity (Wildman–Crippen MR) is 85.1 cm³/mol. The number of likely N-dealkylation sites (tertiary alicyclic amines) is 1. The largest absolute Gasteiger partial charge is 0.342 e. The Balaban J connectivity index is 1.69. The van der Waals surface area contributed by atoms with Gasteiger partial charge >= 0.3 is 0 Å². The van der Waals surface area contributed by atoms with Gasteiger partial charge in [-0.1, -0.05) is 37.3 Å². The third-order valence-corrected chi connectivity index (χ3v) is 5.24. The summed E-state index contributed by atoms with van der Waals surface area (Å²) in [5.74, 6) is 1.91. The fourth-order valence-corrected chi connectivity index (χ4v) is 3.90. The number of benzene rings is 1. The Labute approximate surface area is 127 Å². The van der Waals surface area contributed by atoms with E-state index in [4.69, 9.17) is 0 Å². The van der Waals surface area contributed by atoms with Crippen molar-refractivity contribution in [3.8, 4) is 0 Å². The maximum atomic E-state index is 12.9. The molecular weight excluding hydrogens is 260 g/mol. The first-order valence-electron chi connectivity index (χ1n) is 8.34. The number of carbonyl (C=O) groups excluding carboxylic acids is 1. The summed E-state index contributed by atoms with van der Waals surface area (Å²) in [5, 5.41) is 3.49. The second-order valence-corrected chi connectivity index (χ2v) is 6.45. The standard InChI is InChI=1S/C18H26N2O/c1-2-17(14-6-4-3-5-7-14)18(21)20-10-8-15-12-19-13-16(15)9-11-20/h3-7,15-17,19H,2,8-13H2,1H3/t15-,16+,17?. The zero-order chi connectivity index (χ0) is 14.7. The van der Waals surface area contributed by atoms with Crippen LogP contribution in [0.15, 0.2) is 30.3 Å². The highest BCUT2D eigenvalue weighted by molar-refractivity contribution is 5.83. The van der Waals surface area contributed by atoms with Crippen LogP contribution in [0.2, 0.25) is 0 Å². The third kappa shape index (κ3) is 3.13. The molecule has 1 N–H and O–H groups in total. The van der Waals surface area contributed by atoms with Crippen LogP contribution < -0.4 is 5.32 Å². The molecule has 0 bridgehead atoms. The van der Waals surface area contributed by atoms with Crippen molar-refractivity contribution in [2.75, 3.05) is 26.2 Å². The molecule has 3 heteroatoms. The summed E-state index contributed by atoms with van der Waals surface area (Å²) in [4.78, 5) is 15.0. The van der Waals surface area contributed by atoms with E-state index >= 15 is 0 Å². The smallest absolute Gasteiger partial charge is 0.230 e. The van der Waals surface area contributed by atoms with Gasteiger partial charge in [0.1, 0.15) is 0 Å². The van der Waals surface area contributed by atoms with Gasteiger partial charge in [0, 0.05) is 13.1 Å². The molecule has 21 heavy (non-hydrogen) atoms. The number of fused-ring (bicyclic) bond motifs is 1. The van der Waals surface area contributed by atoms with Crippen molar-refractivity contribution in [3.63, 3.8) is 0 Å². The monoisotopic (exact) mass is 286 g/mol. The van der Waals surface area contributed by atoms with Crippen LogP contribution in [0.5, 0.6) is 0 Å². The van der Waals surface area contributed by atoms with E-state index in [1.54, 1.807) is 0 Å². The Morgan fingerprint density at radius 2 is 1.81 bits per heavy atom. The van der Waals surface area contributed by atoms with Crippen LogP contribution in [0.25, 0.3) is 0 Å². The highest BCUT2D eigenvalue weighted by Gasteiger charge is 2.33. The lowest BCUT2D eigenvalue weighted by molar-refractivity contribution is -0.132. The molecule has 2 heterocycles. The van der Waals surface area contributed by atoms with E-state index < -0.39 is 0 Å². The Bertz CT molecular complexity index is 459. The van der Waals surface area contributed by atoms with Gasteiger partial charge in [-0.05, 0) is 49.8 Å². The topological polar surface area (TPSA) is 32.3 Å². The number of hydrogen-bond donors (Lipinski definition) is 1. The molecule has 1 amide bonds. The predicted octanol–water partition coefficient (Wildman–Crippen LogP) is 2.64. The highest BCUT2D eigenvalue weighted by atomic mass is 16.2. The maximum Gasteiger partial charge on any atom is 0.230 e. The molecule has 0 aromatic heterocycles. The molecule has 2 fully saturated rings. The molecule has 114 valence electrons. The molecule has 1 unspecified atom stereocenters. The first-order valence-corrected chi connectivity index (χ1v) is 8.34. The maximum absolute atomic E-state index is 12.9. The van der Waals surface area contributed by atoms with Crippen LogP contribution in [-0.2, 0) is 4.79 Å². The lowest BCUT2D eigenvalue weighted by atomic mass is 9.92. The number of hydrogen-bond acceptors (Lipinski definition) is 2. The van der Waals surface area contributed by atoms with Gasteiger partial charge in [0.25, 0.3) is 0 Å². The summed E-state index contributed by atoms with van der Waals surface area (Å²) in [6.45, 7) is 6.27. The van der Waals surface area contributed by atoms with Gasteiger partial charge in [0.2, 0.25) is 5.91 Å². The van der Waals surface area contributed by atoms with Crippen LogP contribution in [0.3, 0.4) is 0 Å². The minimum atomic E-state index is 0.0299. The molecule has 3 rings (SSSR count). The quantitative estimate of drug-likeness (QED) is 0.926. The van der Waals surface area contributed by atoms with Gasteiger partial charge in [-0.15, -0.1) is 0 Å². The Kier molecular flexibility index (Phi) is 4.59. The Morgan fingerprint density at radius 1 is 1.19 bits per heavy atom. The van der Waals surface area contributed by atoms with E-state index in [1.807, 2.05) is 18.2 Å². The van der Waals surface area contributed by atoms with Crippen LogP contribution in [0, 0.1) is 11.8 Å². The molecule has 0 spiro atoms. The van der Waals surface area contributed by atoms with Crippen molar-refractivity contribution >= 4 is 5.91 Å². The molecule has 0 saturated carbocycles. The SMILES string of the molecule is CCC(C(=O)N1CC[C@@H]2CNC[C@@H]2CC1)c1ccccc1. The molecule has 3 nitrogen and oxygen atoms in total. The molecule has 3 atom stereocenters. The summed E-state index contributed by atoms with van der Waals surface area (Å²) in [5.41, 5.74) is 1.16. The molecule has 2 aliphatic heterocycles. The van der Waals surface area contributed by atoms with E-state index in [-0.39, 0.29) is 5.92 Å². The Hall–Kier alpha value is -1.35. The second-order valence-electron chi connectivity index (χ2n) is 6.45. The fourth-order valence-electron chi connectivity index (χ4n) is 3.90. The average molecular weight is 286 g/mol. The van der Waals surface area contributed by atoms with Crippen LogP contribution in [-0.4, -0.2) is 37.0 Å². The first kappa shape index (κ1) is 14.6. The van der Waals surface area contributed by atoms with Crippen molar-refractivity contribution in [3.05, 3.63) is 35.9 Å². The molecule has 0 aliphatic carbocycles. The van der Waals surface area contributed by atoms with E-state index in [2.05, 4.69) is 29.3 Å². The minimum absolute atomic E-state index is 0.0299. The van der Waals surface area contributed by atoms with Gasteiger partial charge in [-0.2, -0.15) is 0 Å². The lowest BCUT2D eigenvalue weighted by Crippen LogP contribution is -2.36. The Morgan fingerprint density at radius 3 is 2.38 bits per heavy atom. The zero-order valence-electron chi connectivity index (χ0n) is 12.9. The van der Waals surface area contributed by atoms with Crippen molar-refractivity contribution in [1.29, 1.82) is 0 Å². The van der Waals surface area contributed by atoms with E-state index in [1.165, 1.54) is 0 Å². The molecule has 1 aromatic carbocycles. The zero-order valence-corrected chi connectivity index (χ0v) is 12.9. The average Bonchev–Trinajstić information content (AvgIpc) is 2.87. The minimum Gasteiger partial charge on any atom is -0.342 e. The van der Waals surface area contributed by atoms with Crippen LogP contribution in [0.1, 0.15) is 37.7 Å². The van der Waals surface area contributed by atoms with Crippen LogP contribution in [0.4, 0.5) is 0 Å². The molecule has 1 aromatic rings. The first-order chi connectivity index (χ1) is 10.3. The van der Waals surface area contributed by atoms with Crippen molar-refractivity contribution < 1.29 is 4.79 Å². The van der Waals surface area contributed by atoms with Gasteiger partial charge < -0.3 is 10.2 Å².